The first-order valence-electron chi connectivity index (χ1n) is 9.07. The zero-order valence-electron chi connectivity index (χ0n) is 15.2. The lowest BCUT2D eigenvalue weighted by Gasteiger charge is -2.05. The molecule has 1 amide bonds. The van der Waals surface area contributed by atoms with Crippen LogP contribution >= 0.6 is 0 Å². The highest BCUT2D eigenvalue weighted by Crippen LogP contribution is 2.22. The second-order valence-corrected chi connectivity index (χ2v) is 6.60. The van der Waals surface area contributed by atoms with E-state index in [0.717, 1.165) is 27.1 Å². The lowest BCUT2D eigenvalue weighted by molar-refractivity contribution is -0.117. The molecule has 0 saturated carbocycles. The Morgan fingerprint density at radius 3 is 2.59 bits per heavy atom. The Balaban J connectivity index is 1.32. The maximum Gasteiger partial charge on any atom is 0.350 e. The molecule has 2 N–H and O–H groups in total. The van der Waals surface area contributed by atoms with Crippen LogP contribution in [0.2, 0.25) is 0 Å². The van der Waals surface area contributed by atoms with Crippen LogP contribution in [0.3, 0.4) is 0 Å². The molecule has 0 aliphatic rings. The number of para-hydroxylation sites is 2. The summed E-state index contributed by atoms with van der Waals surface area (Å²) in [6, 6.07) is 20.4. The molecule has 0 bridgehead atoms. The first-order valence-corrected chi connectivity index (χ1v) is 9.07. The van der Waals surface area contributed by atoms with Crippen LogP contribution in [0.1, 0.15) is 0 Å². The average Bonchev–Trinajstić information content (AvgIpc) is 3.30. The number of fused-ring (bicyclic) bond motifs is 2. The van der Waals surface area contributed by atoms with Gasteiger partial charge in [0.2, 0.25) is 5.91 Å². The van der Waals surface area contributed by atoms with Crippen LogP contribution in [0.4, 0.5) is 5.69 Å². The fraction of sp³-hybridized carbons (Fsp3) is 0.0476. The SMILES string of the molecule is O=C(Cn1nc2ccccn2c1=O)Nc1ccc(-c2nc3ccccc3[nH]2)cc1. The number of H-pyrrole nitrogens is 1. The number of nitrogens with one attached hydrogen (secondary N) is 2. The van der Waals surface area contributed by atoms with Crippen LogP contribution in [-0.2, 0) is 11.3 Å². The van der Waals surface area contributed by atoms with Gasteiger partial charge in [-0.05, 0) is 48.5 Å². The quantitative estimate of drug-likeness (QED) is 0.498. The first kappa shape index (κ1) is 16.9. The summed E-state index contributed by atoms with van der Waals surface area (Å²) in [6.07, 6.45) is 1.62. The third-order valence-corrected chi connectivity index (χ3v) is 4.61. The highest BCUT2D eigenvalue weighted by Gasteiger charge is 2.11. The van der Waals surface area contributed by atoms with Crippen LogP contribution in [0.25, 0.3) is 28.1 Å². The van der Waals surface area contributed by atoms with Crippen molar-refractivity contribution >= 4 is 28.3 Å². The number of nitrogens with zero attached hydrogens (tertiary/aromatic N) is 4. The molecule has 29 heavy (non-hydrogen) atoms. The van der Waals surface area contributed by atoms with Gasteiger partial charge < -0.3 is 10.3 Å². The number of hydrogen-bond donors (Lipinski definition) is 2. The van der Waals surface area contributed by atoms with Crippen LogP contribution in [-0.4, -0.2) is 30.1 Å². The third-order valence-electron chi connectivity index (χ3n) is 4.61. The Labute approximate surface area is 164 Å². The topological polar surface area (TPSA) is 97.1 Å². The molecule has 0 fully saturated rings. The molecule has 142 valence electrons. The Morgan fingerprint density at radius 1 is 1.00 bits per heavy atom. The van der Waals surface area contributed by atoms with Gasteiger partial charge in [0, 0.05) is 17.4 Å². The Bertz CT molecular complexity index is 1360. The molecule has 3 aromatic heterocycles. The molecule has 0 spiro atoms. The average molecular weight is 384 g/mol. The number of amides is 1. The number of rotatable bonds is 4. The molecule has 5 aromatic rings. The number of carbonyl (C=O) groups is 1. The predicted octanol–water partition coefficient (Wildman–Crippen LogP) is 2.68. The maximum atomic E-state index is 12.3. The van der Waals surface area contributed by atoms with E-state index < -0.39 is 0 Å². The number of carbonyl (C=O) groups excluding carboxylic acids is 1. The number of aromatic nitrogens is 5. The zero-order chi connectivity index (χ0) is 19.8. The van der Waals surface area contributed by atoms with E-state index in [4.69, 9.17) is 0 Å². The van der Waals surface area contributed by atoms with Crippen LogP contribution in [0.15, 0.2) is 77.7 Å². The molecule has 0 atom stereocenters. The maximum absolute atomic E-state index is 12.3. The highest BCUT2D eigenvalue weighted by molar-refractivity contribution is 5.90. The van der Waals surface area contributed by atoms with Crippen LogP contribution in [0, 0.1) is 0 Å². The smallest absolute Gasteiger partial charge is 0.338 e. The Morgan fingerprint density at radius 2 is 1.79 bits per heavy atom. The molecular formula is C21H16N6O2. The van der Waals surface area contributed by atoms with Gasteiger partial charge in [0.25, 0.3) is 0 Å². The zero-order valence-corrected chi connectivity index (χ0v) is 15.2. The van der Waals surface area contributed by atoms with Crippen molar-refractivity contribution in [1.82, 2.24) is 24.1 Å². The molecule has 0 aliphatic carbocycles. The van der Waals surface area contributed by atoms with Gasteiger partial charge in [-0.1, -0.05) is 18.2 Å². The molecule has 2 aromatic carbocycles. The minimum Gasteiger partial charge on any atom is -0.338 e. The van der Waals surface area contributed by atoms with Gasteiger partial charge in [-0.3, -0.25) is 9.20 Å². The molecule has 8 heteroatoms. The van der Waals surface area contributed by atoms with Crippen molar-refractivity contribution in [3.8, 4) is 11.4 Å². The monoisotopic (exact) mass is 384 g/mol. The fourth-order valence-electron chi connectivity index (χ4n) is 3.21. The van der Waals surface area contributed by atoms with Gasteiger partial charge in [-0.15, -0.1) is 5.10 Å². The summed E-state index contributed by atoms with van der Waals surface area (Å²) in [6.45, 7) is -0.161. The molecule has 8 nitrogen and oxygen atoms in total. The predicted molar refractivity (Wildman–Crippen MR) is 110 cm³/mol. The molecular weight excluding hydrogens is 368 g/mol. The van der Waals surface area contributed by atoms with Crippen molar-refractivity contribution in [2.45, 2.75) is 6.54 Å². The first-order chi connectivity index (χ1) is 14.2. The summed E-state index contributed by atoms with van der Waals surface area (Å²) in [5.41, 5.74) is 3.56. The summed E-state index contributed by atoms with van der Waals surface area (Å²) < 4.78 is 2.54. The number of pyridine rings is 1. The number of anilines is 1. The van der Waals surface area contributed by atoms with Gasteiger partial charge in [0.05, 0.1) is 11.0 Å². The van der Waals surface area contributed by atoms with E-state index in [1.54, 1.807) is 36.5 Å². The van der Waals surface area contributed by atoms with Crippen molar-refractivity contribution in [2.75, 3.05) is 5.32 Å². The van der Waals surface area contributed by atoms with Crippen molar-refractivity contribution < 1.29 is 4.79 Å². The van der Waals surface area contributed by atoms with Crippen molar-refractivity contribution in [1.29, 1.82) is 0 Å². The van der Waals surface area contributed by atoms with Gasteiger partial charge in [-0.2, -0.15) is 0 Å². The van der Waals surface area contributed by atoms with E-state index in [1.807, 2.05) is 36.4 Å². The van der Waals surface area contributed by atoms with E-state index in [2.05, 4.69) is 20.4 Å². The minimum atomic E-state index is -0.351. The van der Waals surface area contributed by atoms with E-state index in [1.165, 1.54) is 4.40 Å². The summed E-state index contributed by atoms with van der Waals surface area (Å²) in [4.78, 5) is 32.5. The van der Waals surface area contributed by atoms with E-state index in [0.29, 0.717) is 11.3 Å². The molecule has 0 saturated heterocycles. The summed E-state index contributed by atoms with van der Waals surface area (Å²) in [5.74, 6) is 0.437. The van der Waals surface area contributed by atoms with Gasteiger partial charge >= 0.3 is 5.69 Å². The number of benzene rings is 2. The lowest BCUT2D eigenvalue weighted by atomic mass is 10.2. The Hall–Kier alpha value is -4.20. The summed E-state index contributed by atoms with van der Waals surface area (Å²) in [7, 11) is 0. The molecule has 0 radical (unpaired) electrons. The van der Waals surface area contributed by atoms with Gasteiger partial charge in [0.1, 0.15) is 12.4 Å². The van der Waals surface area contributed by atoms with Crippen LogP contribution in [0.5, 0.6) is 0 Å². The molecule has 0 unspecified atom stereocenters. The lowest BCUT2D eigenvalue weighted by Crippen LogP contribution is -2.28. The number of hydrogen-bond acceptors (Lipinski definition) is 4. The number of imidazole rings is 1. The third kappa shape index (κ3) is 3.16. The summed E-state index contributed by atoms with van der Waals surface area (Å²) in [5, 5.41) is 6.95. The molecule has 3 heterocycles. The second-order valence-electron chi connectivity index (χ2n) is 6.60. The Kier molecular flexibility index (Phi) is 3.94. The van der Waals surface area contributed by atoms with Crippen molar-refractivity contribution in [3.05, 3.63) is 83.4 Å². The second kappa shape index (κ2) is 6.75. The van der Waals surface area contributed by atoms with Gasteiger partial charge in [-0.25, -0.2) is 14.5 Å². The standard InChI is InChI=1S/C21H16N6O2/c28-19(13-27-21(29)26-12-4-3-7-18(26)25-27)22-15-10-8-14(9-11-15)20-23-16-5-1-2-6-17(16)24-20/h1-12H,13H2,(H,22,28)(H,23,24). The molecule has 5 rings (SSSR count). The van der Waals surface area contributed by atoms with E-state index >= 15 is 0 Å². The van der Waals surface area contributed by atoms with Crippen LogP contribution < -0.4 is 11.0 Å². The minimum absolute atomic E-state index is 0.161. The fourth-order valence-corrected chi connectivity index (χ4v) is 3.21. The van der Waals surface area contributed by atoms with E-state index in [-0.39, 0.29) is 18.1 Å². The van der Waals surface area contributed by atoms with Gasteiger partial charge in [0.15, 0.2) is 5.65 Å². The largest absolute Gasteiger partial charge is 0.350 e. The van der Waals surface area contributed by atoms with Crippen molar-refractivity contribution in [2.24, 2.45) is 0 Å². The van der Waals surface area contributed by atoms with E-state index in [9.17, 15) is 9.59 Å². The van der Waals surface area contributed by atoms with Crippen molar-refractivity contribution in [3.63, 3.8) is 0 Å². The highest BCUT2D eigenvalue weighted by atomic mass is 16.2. The normalized spacial score (nSPS) is 11.2. The summed E-state index contributed by atoms with van der Waals surface area (Å²) >= 11 is 0. The molecule has 0 aliphatic heterocycles. The number of aromatic amines is 1.